The number of aliphatic imine (C=N–C) groups is 1. The summed E-state index contributed by atoms with van der Waals surface area (Å²) in [6.07, 6.45) is 0.626. The molecule has 0 saturated carbocycles. The second-order valence-corrected chi connectivity index (χ2v) is 7.19. The minimum absolute atomic E-state index is 0.0564. The number of carbonyl (C=O) groups excluding carboxylic acids is 3. The number of methoxy groups -OCH3 is 1. The first kappa shape index (κ1) is 17.9. The Labute approximate surface area is 156 Å². The number of nitrogens with one attached hydrogen (secondary N) is 1. The highest BCUT2D eigenvalue weighted by molar-refractivity contribution is 6.53. The van der Waals surface area contributed by atoms with Gasteiger partial charge in [-0.15, -0.1) is 6.58 Å². The molecule has 1 aliphatic carbocycles. The number of ketones is 2. The second kappa shape index (κ2) is 6.00. The van der Waals surface area contributed by atoms with Crippen LogP contribution in [0.3, 0.4) is 0 Å². The monoisotopic (exact) mass is 374 g/mol. The van der Waals surface area contributed by atoms with E-state index in [9.17, 15) is 14.4 Å². The highest BCUT2D eigenvalue weighted by Gasteiger charge is 2.73. The Hall–Kier alpha value is -2.52. The first-order valence-electron chi connectivity index (χ1n) is 8.87. The van der Waals surface area contributed by atoms with Crippen molar-refractivity contribution >= 4 is 23.4 Å². The summed E-state index contributed by atoms with van der Waals surface area (Å²) in [6.45, 7) is 5.94. The first-order chi connectivity index (χ1) is 12.9. The van der Waals surface area contributed by atoms with Crippen LogP contribution in [0.2, 0.25) is 0 Å². The molecular weight excluding hydrogens is 352 g/mol. The van der Waals surface area contributed by atoms with Gasteiger partial charge >= 0.3 is 6.09 Å². The molecule has 3 aliphatic heterocycles. The molecule has 27 heavy (non-hydrogen) atoms. The Morgan fingerprint density at radius 1 is 1.52 bits per heavy atom. The average Bonchev–Trinajstić information content (AvgIpc) is 3.24. The lowest BCUT2D eigenvalue weighted by atomic mass is 9.78. The molecule has 0 radical (unpaired) electrons. The highest BCUT2D eigenvalue weighted by Crippen LogP contribution is 2.55. The maximum atomic E-state index is 13.3. The SMILES string of the molecule is C=CCN=C1C(=O)C2=C(C(=O)C1C)N1CC3NC3C1(OC)C2COC(N)=O. The summed E-state index contributed by atoms with van der Waals surface area (Å²) in [5, 5.41) is 3.31. The number of piperazine rings is 1. The Kier molecular flexibility index (Phi) is 3.97. The van der Waals surface area contributed by atoms with Gasteiger partial charge in [0.15, 0.2) is 11.5 Å². The fourth-order valence-electron chi connectivity index (χ4n) is 4.75. The molecule has 3 N–H and O–H groups in total. The van der Waals surface area contributed by atoms with Crippen molar-refractivity contribution < 1.29 is 23.9 Å². The fraction of sp³-hybridized carbons (Fsp3) is 0.556. The molecule has 0 aromatic carbocycles. The third-order valence-electron chi connectivity index (χ3n) is 5.93. The van der Waals surface area contributed by atoms with Crippen molar-refractivity contribution in [1.82, 2.24) is 10.2 Å². The van der Waals surface area contributed by atoms with Crippen LogP contribution in [0.5, 0.6) is 0 Å². The number of allylic oxidation sites excluding steroid dienone is 1. The number of primary amides is 1. The van der Waals surface area contributed by atoms with E-state index in [-0.39, 0.29) is 42.5 Å². The van der Waals surface area contributed by atoms with Crippen LogP contribution < -0.4 is 11.1 Å². The van der Waals surface area contributed by atoms with Gasteiger partial charge in [0, 0.05) is 25.3 Å². The van der Waals surface area contributed by atoms with E-state index >= 15 is 0 Å². The van der Waals surface area contributed by atoms with Crippen molar-refractivity contribution in [3.05, 3.63) is 23.9 Å². The van der Waals surface area contributed by atoms with Gasteiger partial charge in [0.25, 0.3) is 0 Å². The van der Waals surface area contributed by atoms with Crippen LogP contribution in [0, 0.1) is 11.8 Å². The van der Waals surface area contributed by atoms with Crippen molar-refractivity contribution in [1.29, 1.82) is 0 Å². The molecule has 5 unspecified atom stereocenters. The highest BCUT2D eigenvalue weighted by atomic mass is 16.6. The number of rotatable bonds is 5. The van der Waals surface area contributed by atoms with Gasteiger partial charge in [-0.05, 0) is 6.92 Å². The molecule has 0 aromatic heterocycles. The summed E-state index contributed by atoms with van der Waals surface area (Å²) in [5.74, 6) is -1.75. The van der Waals surface area contributed by atoms with Crippen LogP contribution in [-0.4, -0.2) is 72.9 Å². The lowest BCUT2D eigenvalue weighted by Crippen LogP contribution is -2.55. The predicted octanol–water partition coefficient (Wildman–Crippen LogP) is -0.621. The largest absolute Gasteiger partial charge is 0.449 e. The van der Waals surface area contributed by atoms with E-state index in [2.05, 4.69) is 16.9 Å². The molecule has 0 spiro atoms. The zero-order valence-electron chi connectivity index (χ0n) is 15.2. The maximum Gasteiger partial charge on any atom is 0.404 e. The number of amides is 1. The number of nitrogens with two attached hydrogens (primary N) is 1. The predicted molar refractivity (Wildman–Crippen MR) is 94.9 cm³/mol. The molecule has 144 valence electrons. The Morgan fingerprint density at radius 3 is 2.89 bits per heavy atom. The normalized spacial score (nSPS) is 38.0. The van der Waals surface area contributed by atoms with Crippen molar-refractivity contribution in [2.75, 3.05) is 26.8 Å². The zero-order chi connectivity index (χ0) is 19.5. The summed E-state index contributed by atoms with van der Waals surface area (Å²) < 4.78 is 10.9. The number of fused-ring (bicyclic) bond motifs is 4. The number of hydrogen-bond donors (Lipinski definition) is 2. The van der Waals surface area contributed by atoms with E-state index in [1.807, 2.05) is 4.90 Å². The molecule has 9 nitrogen and oxygen atoms in total. The number of carbonyl (C=O) groups is 3. The maximum absolute atomic E-state index is 13.3. The number of hydrogen-bond acceptors (Lipinski definition) is 8. The van der Waals surface area contributed by atoms with Crippen molar-refractivity contribution in [3.63, 3.8) is 0 Å². The summed E-state index contributed by atoms with van der Waals surface area (Å²) in [7, 11) is 1.54. The number of nitrogens with zero attached hydrogens (tertiary/aromatic N) is 2. The van der Waals surface area contributed by atoms with Crippen LogP contribution >= 0.6 is 0 Å². The van der Waals surface area contributed by atoms with Crippen LogP contribution in [0.4, 0.5) is 4.79 Å². The smallest absolute Gasteiger partial charge is 0.404 e. The minimum Gasteiger partial charge on any atom is -0.449 e. The van der Waals surface area contributed by atoms with Gasteiger partial charge in [-0.1, -0.05) is 6.08 Å². The third kappa shape index (κ3) is 2.24. The lowest BCUT2D eigenvalue weighted by Gasteiger charge is -2.39. The molecule has 3 heterocycles. The standard InChI is InChI=1S/C18H22N4O5/c1-4-5-20-12-8(2)14(23)13-11(15(12)24)9(7-27-17(19)25)18(26-3)16-10(21-16)6-22(13)18/h4,8-10,16,21H,1,5-7H2,2-3H3,(H2,19,25). The molecule has 9 heteroatoms. The molecule has 2 fully saturated rings. The minimum atomic E-state index is -0.955. The molecule has 2 saturated heterocycles. The Morgan fingerprint density at radius 2 is 2.26 bits per heavy atom. The molecule has 4 rings (SSSR count). The molecule has 4 aliphatic rings. The van der Waals surface area contributed by atoms with Crippen LogP contribution in [0.1, 0.15) is 6.92 Å². The van der Waals surface area contributed by atoms with Gasteiger partial charge in [0.05, 0.1) is 35.8 Å². The Balaban J connectivity index is 1.83. The van der Waals surface area contributed by atoms with Gasteiger partial charge in [-0.3, -0.25) is 14.6 Å². The summed E-state index contributed by atoms with van der Waals surface area (Å²) in [6, 6.07) is 0.114. The lowest BCUT2D eigenvalue weighted by molar-refractivity contribution is -0.138. The zero-order valence-corrected chi connectivity index (χ0v) is 15.2. The second-order valence-electron chi connectivity index (χ2n) is 7.19. The number of Topliss-reactive ketones (excluding diaryl/α,β-unsaturated/α-hetero) is 2. The van der Waals surface area contributed by atoms with E-state index in [0.29, 0.717) is 17.8 Å². The first-order valence-corrected chi connectivity index (χ1v) is 8.87. The van der Waals surface area contributed by atoms with E-state index in [1.54, 1.807) is 13.0 Å². The van der Waals surface area contributed by atoms with Gasteiger partial charge < -0.3 is 25.4 Å². The fourth-order valence-corrected chi connectivity index (χ4v) is 4.75. The van der Waals surface area contributed by atoms with E-state index in [1.165, 1.54) is 7.11 Å². The van der Waals surface area contributed by atoms with Crippen LogP contribution in [0.25, 0.3) is 0 Å². The topological polar surface area (TPSA) is 133 Å². The quantitative estimate of drug-likeness (QED) is 0.484. The summed E-state index contributed by atoms with van der Waals surface area (Å²) in [5.41, 5.74) is 5.06. The van der Waals surface area contributed by atoms with Crippen LogP contribution in [0.15, 0.2) is 28.9 Å². The molecular formula is C18H22N4O5. The number of ether oxygens (including phenoxy) is 2. The van der Waals surface area contributed by atoms with E-state index in [0.717, 1.165) is 0 Å². The van der Waals surface area contributed by atoms with Crippen molar-refractivity contribution in [3.8, 4) is 0 Å². The van der Waals surface area contributed by atoms with Crippen LogP contribution in [-0.2, 0) is 19.1 Å². The van der Waals surface area contributed by atoms with Gasteiger partial charge in [0.2, 0.25) is 5.78 Å². The Bertz CT molecular complexity index is 819. The van der Waals surface area contributed by atoms with Gasteiger partial charge in [0.1, 0.15) is 6.61 Å². The molecule has 0 aromatic rings. The van der Waals surface area contributed by atoms with Gasteiger partial charge in [-0.2, -0.15) is 0 Å². The summed E-state index contributed by atoms with van der Waals surface area (Å²) >= 11 is 0. The van der Waals surface area contributed by atoms with E-state index < -0.39 is 23.7 Å². The van der Waals surface area contributed by atoms with E-state index in [4.69, 9.17) is 15.2 Å². The third-order valence-corrected chi connectivity index (χ3v) is 5.93. The van der Waals surface area contributed by atoms with Crippen molar-refractivity contribution in [2.45, 2.75) is 24.7 Å². The van der Waals surface area contributed by atoms with Crippen molar-refractivity contribution in [2.24, 2.45) is 22.6 Å². The molecule has 1 amide bonds. The molecule has 5 atom stereocenters. The average molecular weight is 374 g/mol. The summed E-state index contributed by atoms with van der Waals surface area (Å²) in [4.78, 5) is 43.8. The van der Waals surface area contributed by atoms with Gasteiger partial charge in [-0.25, -0.2) is 4.79 Å². The molecule has 0 bridgehead atoms.